The van der Waals surface area contributed by atoms with E-state index in [1.165, 1.54) is 0 Å². The topological polar surface area (TPSA) is 38.7 Å². The molecule has 1 unspecified atom stereocenters. The minimum absolute atomic E-state index is 0.0748. The van der Waals surface area contributed by atoms with Crippen molar-refractivity contribution in [3.05, 3.63) is 21.9 Å². The smallest absolute Gasteiger partial charge is 0.104 e. The molecule has 0 aliphatic rings. The molecule has 0 radical (unpaired) electrons. The van der Waals surface area contributed by atoms with Crippen LogP contribution in [0.1, 0.15) is 17.4 Å². The minimum atomic E-state index is -0.115. The molecule has 0 aliphatic heterocycles. The molecule has 1 aromatic heterocycles. The SMILES string of the molecule is COCC(C)OCc1sccc1C#CCO. The van der Waals surface area contributed by atoms with Gasteiger partial charge in [0.2, 0.25) is 0 Å². The molecular weight excluding hydrogens is 224 g/mol. The van der Waals surface area contributed by atoms with Gasteiger partial charge in [0.05, 0.1) is 19.3 Å². The van der Waals surface area contributed by atoms with Crippen LogP contribution in [-0.4, -0.2) is 31.5 Å². The van der Waals surface area contributed by atoms with Crippen molar-refractivity contribution in [2.45, 2.75) is 19.6 Å². The third-order valence-electron chi connectivity index (χ3n) is 1.95. The van der Waals surface area contributed by atoms with Crippen molar-refractivity contribution in [2.24, 2.45) is 0 Å². The van der Waals surface area contributed by atoms with Gasteiger partial charge in [-0.15, -0.1) is 11.3 Å². The molecule has 16 heavy (non-hydrogen) atoms. The summed E-state index contributed by atoms with van der Waals surface area (Å²) in [6, 6.07) is 1.94. The maximum Gasteiger partial charge on any atom is 0.104 e. The molecule has 1 atom stereocenters. The molecule has 0 spiro atoms. The number of rotatable bonds is 5. The predicted molar refractivity (Wildman–Crippen MR) is 64.4 cm³/mol. The van der Waals surface area contributed by atoms with Crippen LogP contribution in [0.15, 0.2) is 11.4 Å². The van der Waals surface area contributed by atoms with E-state index in [1.807, 2.05) is 18.4 Å². The maximum atomic E-state index is 8.63. The maximum absolute atomic E-state index is 8.63. The Morgan fingerprint density at radius 3 is 3.06 bits per heavy atom. The summed E-state index contributed by atoms with van der Waals surface area (Å²) in [4.78, 5) is 1.09. The first kappa shape index (κ1) is 13.2. The first-order valence-corrected chi connectivity index (χ1v) is 5.92. The molecule has 3 nitrogen and oxygen atoms in total. The number of thiophene rings is 1. The summed E-state index contributed by atoms with van der Waals surface area (Å²) >= 11 is 1.61. The van der Waals surface area contributed by atoms with E-state index in [1.54, 1.807) is 18.4 Å². The minimum Gasteiger partial charge on any atom is -0.384 e. The Hall–Kier alpha value is -0.860. The van der Waals surface area contributed by atoms with Crippen molar-refractivity contribution < 1.29 is 14.6 Å². The predicted octanol–water partition coefficient (Wildman–Crippen LogP) is 1.64. The molecule has 1 aromatic rings. The monoisotopic (exact) mass is 240 g/mol. The Kier molecular flexibility index (Phi) is 6.12. The zero-order valence-corrected chi connectivity index (χ0v) is 10.3. The van der Waals surface area contributed by atoms with E-state index in [-0.39, 0.29) is 12.7 Å². The number of aliphatic hydroxyl groups excluding tert-OH is 1. The first-order chi connectivity index (χ1) is 7.77. The van der Waals surface area contributed by atoms with Crippen LogP contribution >= 0.6 is 11.3 Å². The fourth-order valence-corrected chi connectivity index (χ4v) is 1.95. The molecule has 1 heterocycles. The number of ether oxygens (including phenoxy) is 2. The van der Waals surface area contributed by atoms with E-state index < -0.39 is 0 Å². The van der Waals surface area contributed by atoms with Gasteiger partial charge in [-0.1, -0.05) is 11.8 Å². The van der Waals surface area contributed by atoms with E-state index in [4.69, 9.17) is 14.6 Å². The van der Waals surface area contributed by atoms with Gasteiger partial charge in [0.25, 0.3) is 0 Å². The lowest BCUT2D eigenvalue weighted by atomic mass is 10.2. The molecule has 88 valence electrons. The third kappa shape index (κ3) is 4.33. The summed E-state index contributed by atoms with van der Waals surface area (Å²) in [5.41, 5.74) is 0.934. The van der Waals surface area contributed by atoms with E-state index >= 15 is 0 Å². The van der Waals surface area contributed by atoms with Crippen LogP contribution in [0.2, 0.25) is 0 Å². The number of hydrogen-bond donors (Lipinski definition) is 1. The van der Waals surface area contributed by atoms with Crippen molar-refractivity contribution in [1.29, 1.82) is 0 Å². The molecule has 0 aromatic carbocycles. The average molecular weight is 240 g/mol. The fourth-order valence-electron chi connectivity index (χ4n) is 1.20. The van der Waals surface area contributed by atoms with Crippen molar-refractivity contribution in [1.82, 2.24) is 0 Å². The van der Waals surface area contributed by atoms with Gasteiger partial charge in [-0.3, -0.25) is 0 Å². The molecular formula is C12H16O3S. The molecule has 4 heteroatoms. The summed E-state index contributed by atoms with van der Waals surface area (Å²) in [6.45, 7) is 2.98. The van der Waals surface area contributed by atoms with Gasteiger partial charge in [0.15, 0.2) is 0 Å². The van der Waals surface area contributed by atoms with E-state index in [0.29, 0.717) is 13.2 Å². The van der Waals surface area contributed by atoms with E-state index in [9.17, 15) is 0 Å². The lowest BCUT2D eigenvalue weighted by Gasteiger charge is -2.10. The van der Waals surface area contributed by atoms with Crippen molar-refractivity contribution in [2.75, 3.05) is 20.3 Å². The lowest BCUT2D eigenvalue weighted by molar-refractivity contribution is 0.000867. The second kappa shape index (κ2) is 7.42. The van der Waals surface area contributed by atoms with E-state index in [2.05, 4.69) is 11.8 Å². The van der Waals surface area contributed by atoms with Crippen molar-refractivity contribution >= 4 is 11.3 Å². The van der Waals surface area contributed by atoms with Crippen molar-refractivity contribution in [3.8, 4) is 11.8 Å². The van der Waals surface area contributed by atoms with Gasteiger partial charge < -0.3 is 14.6 Å². The highest BCUT2D eigenvalue weighted by Crippen LogP contribution is 2.17. The summed E-state index contributed by atoms with van der Waals surface area (Å²) in [5, 5.41) is 10.6. The van der Waals surface area contributed by atoms with Crippen LogP contribution in [0.25, 0.3) is 0 Å². The molecule has 0 fully saturated rings. The number of hydrogen-bond acceptors (Lipinski definition) is 4. The van der Waals surface area contributed by atoms with Gasteiger partial charge in [0.1, 0.15) is 6.61 Å². The number of methoxy groups -OCH3 is 1. The quantitative estimate of drug-likeness (QED) is 0.795. The van der Waals surface area contributed by atoms with Crippen LogP contribution in [0.5, 0.6) is 0 Å². The van der Waals surface area contributed by atoms with Gasteiger partial charge in [-0.25, -0.2) is 0 Å². The van der Waals surface area contributed by atoms with Crippen LogP contribution in [-0.2, 0) is 16.1 Å². The second-order valence-corrected chi connectivity index (χ2v) is 4.29. The van der Waals surface area contributed by atoms with Crippen molar-refractivity contribution in [3.63, 3.8) is 0 Å². The molecule has 1 rings (SSSR count). The standard InChI is InChI=1S/C12H16O3S/c1-10(8-14-2)15-9-12-11(4-3-6-13)5-7-16-12/h5,7,10,13H,6,8-9H2,1-2H3. The molecule has 0 amide bonds. The van der Waals surface area contributed by atoms with Crippen LogP contribution in [0.3, 0.4) is 0 Å². The average Bonchev–Trinajstić information content (AvgIpc) is 2.71. The molecule has 0 saturated carbocycles. The number of aliphatic hydroxyl groups is 1. The summed E-state index contributed by atoms with van der Waals surface area (Å²) < 4.78 is 10.6. The Morgan fingerprint density at radius 2 is 2.38 bits per heavy atom. The molecule has 0 saturated heterocycles. The third-order valence-corrected chi connectivity index (χ3v) is 2.84. The van der Waals surface area contributed by atoms with Gasteiger partial charge in [-0.05, 0) is 18.4 Å². The Morgan fingerprint density at radius 1 is 1.56 bits per heavy atom. The van der Waals surface area contributed by atoms with Gasteiger partial charge in [-0.2, -0.15) is 0 Å². The Labute approximate surface area is 100 Å². The van der Waals surface area contributed by atoms with Gasteiger partial charge >= 0.3 is 0 Å². The zero-order valence-electron chi connectivity index (χ0n) is 9.53. The van der Waals surface area contributed by atoms with Gasteiger partial charge in [0, 0.05) is 17.6 Å². The van der Waals surface area contributed by atoms with Crippen LogP contribution < -0.4 is 0 Å². The Balaban J connectivity index is 2.50. The first-order valence-electron chi connectivity index (χ1n) is 5.04. The summed E-state index contributed by atoms with van der Waals surface area (Å²) in [5.74, 6) is 5.53. The van der Waals surface area contributed by atoms with Crippen LogP contribution in [0.4, 0.5) is 0 Å². The summed E-state index contributed by atoms with van der Waals surface area (Å²) in [7, 11) is 1.66. The van der Waals surface area contributed by atoms with Crippen LogP contribution in [0, 0.1) is 11.8 Å². The molecule has 0 bridgehead atoms. The normalized spacial score (nSPS) is 11.9. The molecule has 1 N–H and O–H groups in total. The lowest BCUT2D eigenvalue weighted by Crippen LogP contribution is -2.14. The molecule has 0 aliphatic carbocycles. The fraction of sp³-hybridized carbons (Fsp3) is 0.500. The highest BCUT2D eigenvalue weighted by Gasteiger charge is 2.05. The Bertz CT molecular complexity index is 362. The summed E-state index contributed by atoms with van der Waals surface area (Å²) in [6.07, 6.45) is 0.0748. The highest BCUT2D eigenvalue weighted by molar-refractivity contribution is 7.10. The second-order valence-electron chi connectivity index (χ2n) is 3.29. The highest BCUT2D eigenvalue weighted by atomic mass is 32.1. The van der Waals surface area contributed by atoms with E-state index in [0.717, 1.165) is 10.4 Å². The largest absolute Gasteiger partial charge is 0.384 e. The zero-order chi connectivity index (χ0) is 11.8.